The zero-order valence-corrected chi connectivity index (χ0v) is 12.6. The third kappa shape index (κ3) is 5.14. The Morgan fingerprint density at radius 3 is 2.96 bits per heavy atom. The van der Waals surface area contributed by atoms with Gasteiger partial charge in [0.1, 0.15) is 5.82 Å². The number of amides is 1. The molecule has 0 saturated heterocycles. The van der Waals surface area contributed by atoms with Gasteiger partial charge in [-0.15, -0.1) is 0 Å². The molecule has 2 atom stereocenters. The SMILES string of the molecule is O=C(C=Cc1ccc(F)cc1[N+](=O)[O-])NCC1CCCC(O)C1. The minimum atomic E-state index is -0.700. The minimum absolute atomic E-state index is 0.166. The van der Waals surface area contributed by atoms with Gasteiger partial charge in [0.15, 0.2) is 0 Å². The smallest absolute Gasteiger partial charge is 0.279 e. The highest BCUT2D eigenvalue weighted by Gasteiger charge is 2.20. The van der Waals surface area contributed by atoms with Crippen molar-refractivity contribution in [3.8, 4) is 0 Å². The maximum atomic E-state index is 13.0. The van der Waals surface area contributed by atoms with E-state index in [1.807, 2.05) is 0 Å². The summed E-state index contributed by atoms with van der Waals surface area (Å²) in [6.07, 6.45) is 5.57. The number of hydrogen-bond donors (Lipinski definition) is 2. The van der Waals surface area contributed by atoms with Gasteiger partial charge in [0, 0.05) is 12.6 Å². The summed E-state index contributed by atoms with van der Waals surface area (Å²) >= 11 is 0. The van der Waals surface area contributed by atoms with Crippen LogP contribution < -0.4 is 5.32 Å². The van der Waals surface area contributed by atoms with Gasteiger partial charge in [0.2, 0.25) is 5.91 Å². The summed E-state index contributed by atoms with van der Waals surface area (Å²) in [5.41, 5.74) is -0.218. The molecule has 2 unspecified atom stereocenters. The van der Waals surface area contributed by atoms with Gasteiger partial charge in [-0.1, -0.05) is 6.42 Å². The molecule has 0 spiro atoms. The van der Waals surface area contributed by atoms with E-state index >= 15 is 0 Å². The second-order valence-electron chi connectivity index (χ2n) is 5.73. The molecule has 1 aromatic rings. The molecule has 6 nitrogen and oxygen atoms in total. The second-order valence-corrected chi connectivity index (χ2v) is 5.73. The minimum Gasteiger partial charge on any atom is -0.393 e. The van der Waals surface area contributed by atoms with Crippen LogP contribution >= 0.6 is 0 Å². The zero-order valence-electron chi connectivity index (χ0n) is 12.6. The van der Waals surface area contributed by atoms with Crippen LogP contribution in [0.3, 0.4) is 0 Å². The summed E-state index contributed by atoms with van der Waals surface area (Å²) in [4.78, 5) is 22.0. The average Bonchev–Trinajstić information content (AvgIpc) is 2.51. The molecule has 2 N–H and O–H groups in total. The first-order valence-corrected chi connectivity index (χ1v) is 7.53. The molecular weight excluding hydrogens is 303 g/mol. The number of halogens is 1. The van der Waals surface area contributed by atoms with Gasteiger partial charge in [-0.3, -0.25) is 14.9 Å². The third-order valence-corrected chi connectivity index (χ3v) is 3.92. The third-order valence-electron chi connectivity index (χ3n) is 3.92. The number of carbonyl (C=O) groups is 1. The quantitative estimate of drug-likeness (QED) is 0.494. The van der Waals surface area contributed by atoms with E-state index in [0.717, 1.165) is 31.4 Å². The van der Waals surface area contributed by atoms with Crippen LogP contribution in [0.25, 0.3) is 6.08 Å². The maximum absolute atomic E-state index is 13.0. The van der Waals surface area contributed by atoms with Crippen molar-refractivity contribution in [3.63, 3.8) is 0 Å². The number of nitrogens with one attached hydrogen (secondary N) is 1. The first-order chi connectivity index (χ1) is 11.0. The highest BCUT2D eigenvalue weighted by atomic mass is 19.1. The molecule has 23 heavy (non-hydrogen) atoms. The van der Waals surface area contributed by atoms with Gasteiger partial charge >= 0.3 is 0 Å². The predicted octanol–water partition coefficient (Wildman–Crippen LogP) is 2.41. The Labute approximate surface area is 133 Å². The Kier molecular flexibility index (Phi) is 5.81. The van der Waals surface area contributed by atoms with Crippen LogP contribution in [0.2, 0.25) is 0 Å². The maximum Gasteiger partial charge on any atom is 0.279 e. The number of nitrogens with zero attached hydrogens (tertiary/aromatic N) is 1. The van der Waals surface area contributed by atoms with Crippen molar-refractivity contribution in [1.29, 1.82) is 0 Å². The van der Waals surface area contributed by atoms with Crippen LogP contribution in [0.1, 0.15) is 31.2 Å². The summed E-state index contributed by atoms with van der Waals surface area (Å²) in [6.45, 7) is 0.464. The molecule has 1 aliphatic rings. The fourth-order valence-corrected chi connectivity index (χ4v) is 2.73. The van der Waals surface area contributed by atoms with E-state index in [2.05, 4.69) is 5.32 Å². The molecule has 1 amide bonds. The molecule has 1 fully saturated rings. The van der Waals surface area contributed by atoms with Crippen molar-refractivity contribution < 1.29 is 19.2 Å². The Balaban J connectivity index is 1.92. The van der Waals surface area contributed by atoms with Gasteiger partial charge < -0.3 is 10.4 Å². The van der Waals surface area contributed by atoms with E-state index in [-0.39, 0.29) is 29.2 Å². The van der Waals surface area contributed by atoms with E-state index in [4.69, 9.17) is 0 Å². The largest absolute Gasteiger partial charge is 0.393 e. The molecule has 2 rings (SSSR count). The van der Waals surface area contributed by atoms with E-state index in [9.17, 15) is 24.4 Å². The highest BCUT2D eigenvalue weighted by Crippen LogP contribution is 2.23. The van der Waals surface area contributed by atoms with Crippen molar-refractivity contribution in [2.45, 2.75) is 31.8 Å². The number of nitro benzene ring substituents is 1. The van der Waals surface area contributed by atoms with Crippen LogP contribution in [-0.2, 0) is 4.79 Å². The first-order valence-electron chi connectivity index (χ1n) is 7.53. The molecule has 0 heterocycles. The van der Waals surface area contributed by atoms with E-state index in [0.29, 0.717) is 13.0 Å². The van der Waals surface area contributed by atoms with Gasteiger partial charge in [0.05, 0.1) is 22.7 Å². The van der Waals surface area contributed by atoms with Crippen molar-refractivity contribution in [2.24, 2.45) is 5.92 Å². The number of aliphatic hydroxyl groups excluding tert-OH is 1. The van der Waals surface area contributed by atoms with Crippen molar-refractivity contribution in [1.82, 2.24) is 5.32 Å². The van der Waals surface area contributed by atoms with Crippen LogP contribution in [-0.4, -0.2) is 28.6 Å². The van der Waals surface area contributed by atoms with Gasteiger partial charge in [-0.2, -0.15) is 0 Å². The molecule has 0 aliphatic heterocycles. The molecule has 0 bridgehead atoms. The molecule has 7 heteroatoms. The monoisotopic (exact) mass is 322 g/mol. The van der Waals surface area contributed by atoms with Gasteiger partial charge in [0.25, 0.3) is 5.69 Å². The van der Waals surface area contributed by atoms with Crippen LogP contribution in [0.5, 0.6) is 0 Å². The lowest BCUT2D eigenvalue weighted by atomic mass is 9.87. The van der Waals surface area contributed by atoms with Crippen molar-refractivity contribution in [2.75, 3.05) is 6.54 Å². The Hall–Kier alpha value is -2.28. The number of aliphatic hydroxyl groups is 1. The van der Waals surface area contributed by atoms with E-state index in [1.165, 1.54) is 18.2 Å². The molecule has 1 aliphatic carbocycles. The highest BCUT2D eigenvalue weighted by molar-refractivity contribution is 5.92. The number of nitro groups is 1. The van der Waals surface area contributed by atoms with Gasteiger partial charge in [-0.05, 0) is 43.4 Å². The number of carbonyl (C=O) groups excluding carboxylic acids is 1. The summed E-state index contributed by atoms with van der Waals surface area (Å²) in [5, 5.41) is 23.2. The molecule has 0 aromatic heterocycles. The van der Waals surface area contributed by atoms with Crippen LogP contribution in [0, 0.1) is 21.8 Å². The summed E-state index contributed by atoms with van der Waals surface area (Å²) < 4.78 is 13.0. The Morgan fingerprint density at radius 2 is 2.26 bits per heavy atom. The molecular formula is C16H19FN2O4. The molecule has 0 radical (unpaired) electrons. The zero-order chi connectivity index (χ0) is 16.8. The summed E-state index contributed by atoms with van der Waals surface area (Å²) in [5.74, 6) is -0.825. The fraction of sp³-hybridized carbons (Fsp3) is 0.438. The van der Waals surface area contributed by atoms with E-state index < -0.39 is 10.7 Å². The fourth-order valence-electron chi connectivity index (χ4n) is 2.73. The average molecular weight is 322 g/mol. The predicted molar refractivity (Wildman–Crippen MR) is 83.1 cm³/mol. The van der Waals surface area contributed by atoms with Crippen LogP contribution in [0.4, 0.5) is 10.1 Å². The number of rotatable bonds is 5. The molecule has 1 saturated carbocycles. The summed E-state index contributed by atoms with van der Waals surface area (Å²) in [6, 6.07) is 3.18. The molecule has 124 valence electrons. The van der Waals surface area contributed by atoms with Crippen molar-refractivity contribution in [3.05, 3.63) is 45.8 Å². The van der Waals surface area contributed by atoms with Crippen molar-refractivity contribution >= 4 is 17.7 Å². The Morgan fingerprint density at radius 1 is 1.48 bits per heavy atom. The van der Waals surface area contributed by atoms with Gasteiger partial charge in [-0.25, -0.2) is 4.39 Å². The number of hydrogen-bond acceptors (Lipinski definition) is 4. The molecule has 1 aromatic carbocycles. The van der Waals surface area contributed by atoms with E-state index in [1.54, 1.807) is 0 Å². The number of benzene rings is 1. The standard InChI is InChI=1S/C16H19FN2O4/c17-13-6-4-12(15(9-13)19(22)23)5-7-16(21)18-10-11-2-1-3-14(20)8-11/h4-7,9,11,14,20H,1-3,8,10H2,(H,18,21). The lowest BCUT2D eigenvalue weighted by Gasteiger charge is -2.25. The lowest BCUT2D eigenvalue weighted by Crippen LogP contribution is -2.32. The summed E-state index contributed by atoms with van der Waals surface area (Å²) in [7, 11) is 0. The normalized spacial score (nSPS) is 21.3. The Bertz CT molecular complexity index is 618. The van der Waals surface area contributed by atoms with Crippen LogP contribution in [0.15, 0.2) is 24.3 Å². The first kappa shape index (κ1) is 17.1. The topological polar surface area (TPSA) is 92.5 Å². The second kappa shape index (κ2) is 7.82. The lowest BCUT2D eigenvalue weighted by molar-refractivity contribution is -0.385.